The van der Waals surface area contributed by atoms with Crippen molar-refractivity contribution < 1.29 is 4.79 Å². The predicted molar refractivity (Wildman–Crippen MR) is 119 cm³/mol. The third-order valence-corrected chi connectivity index (χ3v) is 5.86. The van der Waals surface area contributed by atoms with Crippen molar-refractivity contribution in [2.45, 2.75) is 6.04 Å². The van der Waals surface area contributed by atoms with Gasteiger partial charge in [-0.2, -0.15) is 0 Å². The molecule has 1 atom stereocenters. The second-order valence-corrected chi connectivity index (χ2v) is 8.47. The molecule has 1 aliphatic heterocycles. The highest BCUT2D eigenvalue weighted by atomic mass is 79.9. The zero-order chi connectivity index (χ0) is 20.1. The van der Waals surface area contributed by atoms with Gasteiger partial charge < -0.3 is 15.1 Å². The molecule has 0 saturated carbocycles. The van der Waals surface area contributed by atoms with Crippen molar-refractivity contribution in [3.63, 3.8) is 0 Å². The van der Waals surface area contributed by atoms with Crippen molar-refractivity contribution in [2.24, 2.45) is 0 Å². The highest BCUT2D eigenvalue weighted by Crippen LogP contribution is 2.24. The van der Waals surface area contributed by atoms with Gasteiger partial charge in [0.15, 0.2) is 0 Å². The summed E-state index contributed by atoms with van der Waals surface area (Å²) >= 11 is 3.41. The van der Waals surface area contributed by atoms with Crippen molar-refractivity contribution in [2.75, 3.05) is 58.8 Å². The Morgan fingerprint density at radius 2 is 1.64 bits per heavy atom. The third-order valence-electron chi connectivity index (χ3n) is 5.34. The molecule has 5 nitrogen and oxygen atoms in total. The van der Waals surface area contributed by atoms with E-state index >= 15 is 0 Å². The smallest absolute Gasteiger partial charge is 0.251 e. The molecular formula is C22H29BrN4O. The van der Waals surface area contributed by atoms with Crippen LogP contribution in [0.3, 0.4) is 0 Å². The van der Waals surface area contributed by atoms with Crippen LogP contribution in [0.4, 0.5) is 5.69 Å². The number of anilines is 1. The van der Waals surface area contributed by atoms with Gasteiger partial charge in [-0.1, -0.05) is 28.1 Å². The maximum Gasteiger partial charge on any atom is 0.251 e. The van der Waals surface area contributed by atoms with Crippen LogP contribution in [0.5, 0.6) is 0 Å². The number of carbonyl (C=O) groups excluding carboxylic acids is 1. The number of hydrogen-bond donors (Lipinski definition) is 1. The molecule has 28 heavy (non-hydrogen) atoms. The first-order chi connectivity index (χ1) is 13.4. The predicted octanol–water partition coefficient (Wildman–Crippen LogP) is 3.23. The zero-order valence-corrected chi connectivity index (χ0v) is 18.4. The molecule has 6 heteroatoms. The number of benzene rings is 2. The molecule has 1 saturated heterocycles. The molecule has 0 spiro atoms. The van der Waals surface area contributed by atoms with Gasteiger partial charge in [-0.15, -0.1) is 0 Å². The van der Waals surface area contributed by atoms with Crippen LogP contribution in [-0.2, 0) is 0 Å². The topological polar surface area (TPSA) is 38.8 Å². The van der Waals surface area contributed by atoms with Crippen molar-refractivity contribution in [1.82, 2.24) is 15.1 Å². The van der Waals surface area contributed by atoms with Crippen molar-refractivity contribution in [3.05, 3.63) is 64.1 Å². The Hall–Kier alpha value is -1.89. The number of rotatable bonds is 6. The lowest BCUT2D eigenvalue weighted by atomic mass is 10.0. The Morgan fingerprint density at radius 3 is 2.21 bits per heavy atom. The van der Waals surface area contributed by atoms with Crippen LogP contribution in [0.1, 0.15) is 22.0 Å². The molecule has 0 aliphatic carbocycles. The van der Waals surface area contributed by atoms with E-state index in [1.165, 1.54) is 11.3 Å². The number of nitrogens with zero attached hydrogens (tertiary/aromatic N) is 3. The first kappa shape index (κ1) is 20.8. The molecule has 2 aromatic rings. The molecule has 1 heterocycles. The Kier molecular flexibility index (Phi) is 7.10. The van der Waals surface area contributed by atoms with Crippen LogP contribution in [0.2, 0.25) is 0 Å². The minimum atomic E-state index is -0.0310. The van der Waals surface area contributed by atoms with Crippen LogP contribution < -0.4 is 10.2 Å². The third kappa shape index (κ3) is 5.34. The van der Waals surface area contributed by atoms with Crippen molar-refractivity contribution in [3.8, 4) is 0 Å². The quantitative estimate of drug-likeness (QED) is 0.741. The molecule has 2 aromatic carbocycles. The first-order valence-corrected chi connectivity index (χ1v) is 10.5. The highest BCUT2D eigenvalue weighted by Gasteiger charge is 2.24. The summed E-state index contributed by atoms with van der Waals surface area (Å²) in [5.74, 6) is -0.0310. The average Bonchev–Trinajstić information content (AvgIpc) is 2.70. The standard InChI is InChI=1S/C22H29BrN4O/c1-25(2)20-10-6-17(7-11-20)21(27-14-12-26(3)13-15-27)16-24-22(28)18-4-8-19(23)9-5-18/h4-11,21H,12-16H2,1-3H3,(H,24,28). The molecule has 1 aliphatic rings. The lowest BCUT2D eigenvalue weighted by Crippen LogP contribution is -2.48. The van der Waals surface area contributed by atoms with E-state index in [1.54, 1.807) is 0 Å². The number of piperazine rings is 1. The summed E-state index contributed by atoms with van der Waals surface area (Å²) in [6.45, 7) is 4.70. The summed E-state index contributed by atoms with van der Waals surface area (Å²) in [6.07, 6.45) is 0. The van der Waals surface area contributed by atoms with E-state index in [2.05, 4.69) is 67.3 Å². The van der Waals surface area contributed by atoms with Crippen LogP contribution >= 0.6 is 15.9 Å². The van der Waals surface area contributed by atoms with Crippen LogP contribution in [-0.4, -0.2) is 69.6 Å². The van der Waals surface area contributed by atoms with E-state index in [0.717, 1.165) is 30.7 Å². The van der Waals surface area contributed by atoms with Gasteiger partial charge >= 0.3 is 0 Å². The highest BCUT2D eigenvalue weighted by molar-refractivity contribution is 9.10. The van der Waals surface area contributed by atoms with E-state index in [1.807, 2.05) is 38.4 Å². The van der Waals surface area contributed by atoms with Crippen LogP contribution in [0.15, 0.2) is 53.0 Å². The second kappa shape index (κ2) is 9.54. The summed E-state index contributed by atoms with van der Waals surface area (Å²) < 4.78 is 0.973. The summed E-state index contributed by atoms with van der Waals surface area (Å²) in [4.78, 5) is 19.5. The molecule has 0 bridgehead atoms. The Morgan fingerprint density at radius 1 is 1.04 bits per heavy atom. The van der Waals surface area contributed by atoms with Crippen LogP contribution in [0, 0.1) is 0 Å². The van der Waals surface area contributed by atoms with Crippen LogP contribution in [0.25, 0.3) is 0 Å². The summed E-state index contributed by atoms with van der Waals surface area (Å²) in [5.41, 5.74) is 3.11. The minimum absolute atomic E-state index is 0.0310. The Labute approximate surface area is 176 Å². The first-order valence-electron chi connectivity index (χ1n) is 9.67. The Bertz CT molecular complexity index is 768. The van der Waals surface area contributed by atoms with Gasteiger partial charge in [0, 0.05) is 62.5 Å². The molecule has 1 fully saturated rings. The van der Waals surface area contributed by atoms with Gasteiger partial charge in [0.1, 0.15) is 0 Å². The molecule has 0 radical (unpaired) electrons. The number of nitrogens with one attached hydrogen (secondary N) is 1. The monoisotopic (exact) mass is 444 g/mol. The molecule has 1 unspecified atom stereocenters. The number of hydrogen-bond acceptors (Lipinski definition) is 4. The van der Waals surface area contributed by atoms with Crippen molar-refractivity contribution in [1.29, 1.82) is 0 Å². The van der Waals surface area contributed by atoms with Gasteiger partial charge in [-0.3, -0.25) is 9.69 Å². The second-order valence-electron chi connectivity index (χ2n) is 7.56. The lowest BCUT2D eigenvalue weighted by Gasteiger charge is -2.38. The van der Waals surface area contributed by atoms with Gasteiger partial charge in [0.2, 0.25) is 0 Å². The van der Waals surface area contributed by atoms with Gasteiger partial charge in [-0.05, 0) is 49.0 Å². The molecule has 3 rings (SSSR count). The fourth-order valence-corrected chi connectivity index (χ4v) is 3.74. The molecule has 150 valence electrons. The van der Waals surface area contributed by atoms with E-state index < -0.39 is 0 Å². The van der Waals surface area contributed by atoms with E-state index in [0.29, 0.717) is 12.1 Å². The number of amides is 1. The fraction of sp³-hybridized carbons (Fsp3) is 0.409. The summed E-state index contributed by atoms with van der Waals surface area (Å²) in [5, 5.41) is 3.14. The summed E-state index contributed by atoms with van der Waals surface area (Å²) in [6, 6.07) is 16.3. The molecule has 1 amide bonds. The SMILES string of the molecule is CN1CCN(C(CNC(=O)c2ccc(Br)cc2)c2ccc(N(C)C)cc2)CC1. The number of halogens is 1. The lowest BCUT2D eigenvalue weighted by molar-refractivity contribution is 0.0886. The maximum atomic E-state index is 12.6. The minimum Gasteiger partial charge on any atom is -0.378 e. The van der Waals surface area contributed by atoms with E-state index in [4.69, 9.17) is 0 Å². The fourth-order valence-electron chi connectivity index (χ4n) is 3.48. The normalized spacial score (nSPS) is 16.6. The van der Waals surface area contributed by atoms with E-state index in [-0.39, 0.29) is 11.9 Å². The van der Waals surface area contributed by atoms with Crippen molar-refractivity contribution >= 4 is 27.5 Å². The Balaban J connectivity index is 1.74. The molecule has 0 aromatic heterocycles. The molecule has 1 N–H and O–H groups in total. The summed E-state index contributed by atoms with van der Waals surface area (Å²) in [7, 11) is 6.25. The van der Waals surface area contributed by atoms with E-state index in [9.17, 15) is 4.79 Å². The van der Waals surface area contributed by atoms with Gasteiger partial charge in [-0.25, -0.2) is 0 Å². The largest absolute Gasteiger partial charge is 0.378 e. The van der Waals surface area contributed by atoms with Gasteiger partial charge in [0.25, 0.3) is 5.91 Å². The number of carbonyl (C=O) groups is 1. The number of likely N-dealkylation sites (N-methyl/N-ethyl adjacent to an activating group) is 1. The van der Waals surface area contributed by atoms with Gasteiger partial charge in [0.05, 0.1) is 6.04 Å². The zero-order valence-electron chi connectivity index (χ0n) is 16.9. The molecular weight excluding hydrogens is 416 g/mol. The average molecular weight is 445 g/mol. The maximum absolute atomic E-state index is 12.6.